The molecule has 0 saturated carbocycles. The number of nitrogen functional groups attached to an aromatic ring is 1. The molecular formula is C10H15ClN2O3S. The van der Waals surface area contributed by atoms with Crippen molar-refractivity contribution in [2.24, 2.45) is 0 Å². The first kappa shape index (κ1) is 14.2. The van der Waals surface area contributed by atoms with Crippen molar-refractivity contribution in [3.8, 4) is 0 Å². The summed E-state index contributed by atoms with van der Waals surface area (Å²) in [7, 11) is -3.71. The van der Waals surface area contributed by atoms with E-state index >= 15 is 0 Å². The lowest BCUT2D eigenvalue weighted by molar-refractivity contribution is 0.198. The van der Waals surface area contributed by atoms with E-state index in [0.29, 0.717) is 11.3 Å². The van der Waals surface area contributed by atoms with Crippen LogP contribution >= 0.6 is 11.6 Å². The topological polar surface area (TPSA) is 92.4 Å². The van der Waals surface area contributed by atoms with Gasteiger partial charge in [-0.2, -0.15) is 0 Å². The molecule has 1 aromatic rings. The minimum Gasteiger partial charge on any atom is -0.398 e. The van der Waals surface area contributed by atoms with Gasteiger partial charge in [-0.3, -0.25) is 0 Å². The molecule has 96 valence electrons. The average Bonchev–Trinajstić information content (AvgIpc) is 2.20. The van der Waals surface area contributed by atoms with Crippen LogP contribution in [0.3, 0.4) is 0 Å². The first-order valence-corrected chi connectivity index (χ1v) is 6.83. The molecule has 0 bridgehead atoms. The maximum atomic E-state index is 11.9. The molecule has 0 aliphatic rings. The average molecular weight is 279 g/mol. The number of halogens is 1. The Labute approximate surface area is 106 Å². The highest BCUT2D eigenvalue weighted by Gasteiger charge is 2.19. The van der Waals surface area contributed by atoms with Gasteiger partial charge in [-0.05, 0) is 31.5 Å². The first-order valence-electron chi connectivity index (χ1n) is 4.97. The highest BCUT2D eigenvalue weighted by atomic mass is 35.5. The van der Waals surface area contributed by atoms with Crippen LogP contribution in [0.1, 0.15) is 12.5 Å². The Morgan fingerprint density at radius 3 is 2.65 bits per heavy atom. The number of sulfonamides is 1. The number of hydrogen-bond acceptors (Lipinski definition) is 4. The summed E-state index contributed by atoms with van der Waals surface area (Å²) >= 11 is 5.77. The maximum absolute atomic E-state index is 11.9. The van der Waals surface area contributed by atoms with Gasteiger partial charge in [0, 0.05) is 17.3 Å². The van der Waals surface area contributed by atoms with Crippen molar-refractivity contribution in [1.82, 2.24) is 4.72 Å². The van der Waals surface area contributed by atoms with Crippen molar-refractivity contribution in [2.45, 2.75) is 24.8 Å². The third-order valence-corrected chi connectivity index (χ3v) is 3.99. The van der Waals surface area contributed by atoms with Crippen LogP contribution in [0.5, 0.6) is 0 Å². The van der Waals surface area contributed by atoms with Crippen molar-refractivity contribution >= 4 is 27.3 Å². The van der Waals surface area contributed by atoms with E-state index < -0.39 is 16.1 Å². The molecule has 1 rings (SSSR count). The minimum absolute atomic E-state index is 0.0307. The largest absolute Gasteiger partial charge is 0.398 e. The fourth-order valence-corrected chi connectivity index (χ4v) is 2.97. The van der Waals surface area contributed by atoms with Gasteiger partial charge < -0.3 is 10.8 Å². The number of aliphatic hydroxyl groups is 1. The number of nitrogens with two attached hydrogens (primary N) is 1. The van der Waals surface area contributed by atoms with Crippen LogP contribution in [-0.2, 0) is 10.0 Å². The van der Waals surface area contributed by atoms with Crippen molar-refractivity contribution in [1.29, 1.82) is 0 Å². The number of nitrogens with one attached hydrogen (secondary N) is 1. The Morgan fingerprint density at radius 1 is 1.53 bits per heavy atom. The predicted molar refractivity (Wildman–Crippen MR) is 67.5 cm³/mol. The molecule has 0 radical (unpaired) electrons. The van der Waals surface area contributed by atoms with Crippen molar-refractivity contribution in [3.63, 3.8) is 0 Å². The second-order valence-electron chi connectivity index (χ2n) is 3.82. The fourth-order valence-electron chi connectivity index (χ4n) is 1.26. The molecule has 4 N–H and O–H groups in total. The maximum Gasteiger partial charge on any atom is 0.241 e. The third-order valence-electron chi connectivity index (χ3n) is 2.22. The molecule has 0 aromatic heterocycles. The second kappa shape index (κ2) is 5.22. The number of rotatable bonds is 4. The minimum atomic E-state index is -3.71. The molecule has 5 nitrogen and oxygen atoms in total. The van der Waals surface area contributed by atoms with E-state index in [1.807, 2.05) is 0 Å². The molecule has 0 heterocycles. The monoisotopic (exact) mass is 278 g/mol. The molecule has 7 heteroatoms. The summed E-state index contributed by atoms with van der Waals surface area (Å²) in [5.41, 5.74) is 6.40. The molecule has 0 amide bonds. The Hall–Kier alpha value is -0.820. The highest BCUT2D eigenvalue weighted by molar-refractivity contribution is 7.89. The molecule has 0 aliphatic carbocycles. The van der Waals surface area contributed by atoms with E-state index in [-0.39, 0.29) is 16.5 Å². The number of benzene rings is 1. The Kier molecular flexibility index (Phi) is 4.37. The summed E-state index contributed by atoms with van der Waals surface area (Å²) in [4.78, 5) is 0.0307. The molecular weight excluding hydrogens is 264 g/mol. The normalized spacial score (nSPS) is 13.6. The zero-order chi connectivity index (χ0) is 13.2. The quantitative estimate of drug-likeness (QED) is 0.713. The summed E-state index contributed by atoms with van der Waals surface area (Å²) in [6, 6.07) is 2.82. The van der Waals surface area contributed by atoms with Crippen LogP contribution in [0.4, 0.5) is 5.69 Å². The summed E-state index contributed by atoms with van der Waals surface area (Å²) in [6.45, 7) is 3.03. The summed E-state index contributed by atoms with van der Waals surface area (Å²) in [6.07, 6.45) is -0.762. The molecule has 0 aliphatic heterocycles. The molecule has 0 spiro atoms. The lowest BCUT2D eigenvalue weighted by atomic mass is 10.2. The van der Waals surface area contributed by atoms with Crippen LogP contribution in [0.25, 0.3) is 0 Å². The summed E-state index contributed by atoms with van der Waals surface area (Å²) in [5.74, 6) is 0. The second-order valence-corrected chi connectivity index (χ2v) is 5.99. The number of hydrogen-bond donors (Lipinski definition) is 3. The molecule has 1 atom stereocenters. The van der Waals surface area contributed by atoms with Crippen molar-refractivity contribution < 1.29 is 13.5 Å². The highest BCUT2D eigenvalue weighted by Crippen LogP contribution is 2.25. The first-order chi connectivity index (χ1) is 7.74. The predicted octanol–water partition coefficient (Wildman–Crippen LogP) is 0.890. The molecule has 0 unspecified atom stereocenters. The third kappa shape index (κ3) is 3.57. The molecule has 0 saturated heterocycles. The van der Waals surface area contributed by atoms with E-state index in [2.05, 4.69) is 4.72 Å². The van der Waals surface area contributed by atoms with E-state index in [1.165, 1.54) is 19.1 Å². The van der Waals surface area contributed by atoms with Gasteiger partial charge in [0.15, 0.2) is 0 Å². The van der Waals surface area contributed by atoms with Gasteiger partial charge in [0.2, 0.25) is 10.0 Å². The summed E-state index contributed by atoms with van der Waals surface area (Å²) in [5, 5.41) is 9.32. The van der Waals surface area contributed by atoms with Gasteiger partial charge in [-0.15, -0.1) is 0 Å². The zero-order valence-electron chi connectivity index (χ0n) is 9.57. The lowest BCUT2D eigenvalue weighted by Gasteiger charge is -2.12. The van der Waals surface area contributed by atoms with Crippen LogP contribution < -0.4 is 10.5 Å². The van der Waals surface area contributed by atoms with Crippen LogP contribution in [0.15, 0.2) is 17.0 Å². The van der Waals surface area contributed by atoms with E-state index in [9.17, 15) is 8.42 Å². The van der Waals surface area contributed by atoms with Gasteiger partial charge in [0.05, 0.1) is 11.0 Å². The van der Waals surface area contributed by atoms with E-state index in [0.717, 1.165) is 0 Å². The van der Waals surface area contributed by atoms with Crippen LogP contribution in [-0.4, -0.2) is 26.2 Å². The van der Waals surface area contributed by atoms with Gasteiger partial charge in [-0.1, -0.05) is 11.6 Å². The van der Waals surface area contributed by atoms with E-state index in [1.54, 1.807) is 6.92 Å². The van der Waals surface area contributed by atoms with Crippen molar-refractivity contribution in [3.05, 3.63) is 22.7 Å². The molecule has 1 aromatic carbocycles. The summed E-state index contributed by atoms with van der Waals surface area (Å²) < 4.78 is 26.1. The Bertz CT molecular complexity index is 515. The smallest absolute Gasteiger partial charge is 0.241 e. The Morgan fingerprint density at radius 2 is 2.12 bits per heavy atom. The van der Waals surface area contributed by atoms with Gasteiger partial charge in [0.1, 0.15) is 0 Å². The fraction of sp³-hybridized carbons (Fsp3) is 0.400. The SMILES string of the molecule is Cc1c(N)cc(Cl)cc1S(=O)(=O)NC[C@H](C)O. The molecule has 17 heavy (non-hydrogen) atoms. The standard InChI is InChI=1S/C10H15ClN2O3S/c1-6(14)5-13-17(15,16)10-4-8(11)3-9(12)7(10)2/h3-4,6,13-14H,5,12H2,1-2H3/t6-/m0/s1. The number of anilines is 1. The van der Waals surface area contributed by atoms with Crippen LogP contribution in [0, 0.1) is 6.92 Å². The van der Waals surface area contributed by atoms with Gasteiger partial charge in [-0.25, -0.2) is 13.1 Å². The number of aliphatic hydroxyl groups excluding tert-OH is 1. The zero-order valence-corrected chi connectivity index (χ0v) is 11.1. The molecule has 0 fully saturated rings. The van der Waals surface area contributed by atoms with Gasteiger partial charge >= 0.3 is 0 Å². The lowest BCUT2D eigenvalue weighted by Crippen LogP contribution is -2.31. The van der Waals surface area contributed by atoms with E-state index in [4.69, 9.17) is 22.4 Å². The Balaban J connectivity index is 3.15. The van der Waals surface area contributed by atoms with Crippen LogP contribution in [0.2, 0.25) is 5.02 Å². The van der Waals surface area contributed by atoms with Gasteiger partial charge in [0.25, 0.3) is 0 Å². The van der Waals surface area contributed by atoms with Crippen molar-refractivity contribution in [2.75, 3.05) is 12.3 Å².